The Morgan fingerprint density at radius 2 is 0.622 bits per heavy atom. The predicted octanol–water partition coefficient (Wildman–Crippen LogP) is 8.54. The zero-order valence-corrected chi connectivity index (χ0v) is 20.5. The van der Waals surface area contributed by atoms with Crippen LogP contribution in [0, 0.1) is 0 Å². The molecule has 0 aromatic carbocycles. The van der Waals surface area contributed by atoms with E-state index in [1.807, 2.05) is 0 Å². The van der Waals surface area contributed by atoms with Gasteiger partial charge in [0.15, 0.2) is 16.6 Å². The minimum atomic E-state index is -7.22. The summed E-state index contributed by atoms with van der Waals surface area (Å²) in [5.74, 6) is -40.8. The minimum absolute atomic E-state index is 0.0689. The molecular weight excluding hydrogens is 606 g/mol. The minimum Gasteiger partial charge on any atom is -0.449 e. The van der Waals surface area contributed by atoms with Crippen LogP contribution < -0.4 is 0 Å². The quantitative estimate of drug-likeness (QED) is 0.175. The molecule has 1 nitrogen and oxygen atoms in total. The average Bonchev–Trinajstić information content (AvgIpc) is 2.62. The maximum absolute atomic E-state index is 13.6. The van der Waals surface area contributed by atoms with Crippen molar-refractivity contribution in [2.75, 3.05) is 0 Å². The first kappa shape index (κ1) is 35.6. The molecule has 0 heterocycles. The Hall–Kier alpha value is -1.39. The third kappa shape index (κ3) is 6.98. The fourth-order valence-electron chi connectivity index (χ4n) is 2.34. The molecule has 0 saturated heterocycles. The van der Waals surface area contributed by atoms with Gasteiger partial charge in [0.2, 0.25) is 0 Å². The van der Waals surface area contributed by atoms with E-state index >= 15 is 0 Å². The number of halogens is 18. The normalized spacial score (nSPS) is 16.8. The molecule has 0 aliphatic heterocycles. The van der Waals surface area contributed by atoms with Crippen molar-refractivity contribution in [3.05, 3.63) is 23.6 Å². The summed E-state index contributed by atoms with van der Waals surface area (Å²) in [7, 11) is -8.22. The maximum atomic E-state index is 13.6. The van der Waals surface area contributed by atoms with Crippen molar-refractivity contribution in [2.24, 2.45) is 0 Å². The van der Waals surface area contributed by atoms with Crippen molar-refractivity contribution < 1.29 is 83.1 Å². The van der Waals surface area contributed by atoms with E-state index in [0.717, 1.165) is 26.2 Å². The van der Waals surface area contributed by atoms with Gasteiger partial charge in [-0.2, -0.15) is 79.0 Å². The van der Waals surface area contributed by atoms with Crippen LogP contribution in [0.1, 0.15) is 0 Å². The van der Waals surface area contributed by atoms with E-state index < -0.39 is 76.7 Å². The first-order valence-electron chi connectivity index (χ1n) is 9.13. The number of hydrogen-bond acceptors (Lipinski definition) is 1. The summed E-state index contributed by atoms with van der Waals surface area (Å²) in [5.41, 5.74) is -0.138. The number of hydrogen-bond donors (Lipinski definition) is 0. The third-order valence-corrected chi connectivity index (χ3v) is 10.4. The van der Waals surface area contributed by atoms with Crippen LogP contribution in [-0.4, -0.2) is 64.5 Å². The van der Waals surface area contributed by atoms with Gasteiger partial charge in [0.05, 0.1) is 0 Å². The Bertz CT molecular complexity index is 796. The lowest BCUT2D eigenvalue weighted by atomic mass is 10.0. The van der Waals surface area contributed by atoms with Crippen LogP contribution >= 0.6 is 0 Å². The molecule has 0 radical (unpaired) electrons. The standard InChI is InChI=1S/C16H16F18OSi2/c1-36(2,7-5-9(17,18)11(21,22)13(25,26)15(29,30)31)35-37(3,4)8-6-10(19,20)12(23,24)14(27,28)16(32,33)34/h5-8H,1-4H3/b7-5+,8-6+. The molecule has 0 aliphatic carbocycles. The second-order valence-corrected chi connectivity index (χ2v) is 16.4. The third-order valence-electron chi connectivity index (χ3n) is 4.25. The van der Waals surface area contributed by atoms with Crippen molar-refractivity contribution in [3.8, 4) is 0 Å². The molecule has 0 aliphatic rings. The lowest BCUT2D eigenvalue weighted by molar-refractivity contribution is -0.388. The molecule has 0 unspecified atom stereocenters. The molecule has 0 atom stereocenters. The van der Waals surface area contributed by atoms with Gasteiger partial charge in [-0.3, -0.25) is 0 Å². The highest BCUT2D eigenvalue weighted by molar-refractivity contribution is 6.89. The maximum Gasteiger partial charge on any atom is 0.460 e. The van der Waals surface area contributed by atoms with Gasteiger partial charge < -0.3 is 4.12 Å². The topological polar surface area (TPSA) is 9.23 Å². The Morgan fingerprint density at radius 3 is 0.811 bits per heavy atom. The first-order chi connectivity index (χ1) is 15.6. The van der Waals surface area contributed by atoms with Crippen molar-refractivity contribution in [3.63, 3.8) is 0 Å². The van der Waals surface area contributed by atoms with Gasteiger partial charge in [0, 0.05) is 0 Å². The van der Waals surface area contributed by atoms with Crippen molar-refractivity contribution in [1.29, 1.82) is 0 Å². The van der Waals surface area contributed by atoms with Crippen LogP contribution in [0.25, 0.3) is 0 Å². The number of alkyl halides is 18. The van der Waals surface area contributed by atoms with E-state index in [4.69, 9.17) is 4.12 Å². The highest BCUT2D eigenvalue weighted by Crippen LogP contribution is 2.54. The van der Waals surface area contributed by atoms with Crippen LogP contribution in [0.3, 0.4) is 0 Å². The van der Waals surface area contributed by atoms with Crippen LogP contribution in [0.4, 0.5) is 79.0 Å². The summed E-state index contributed by atoms with van der Waals surface area (Å²) in [5, 5.41) is 0. The van der Waals surface area contributed by atoms with Gasteiger partial charge >= 0.3 is 47.9 Å². The monoisotopic (exact) mass is 622 g/mol. The van der Waals surface area contributed by atoms with Gasteiger partial charge in [-0.05, 0) is 38.3 Å². The molecule has 0 aromatic rings. The second-order valence-electron chi connectivity index (χ2n) is 8.51. The molecule has 0 aromatic heterocycles. The highest BCUT2D eigenvalue weighted by atomic mass is 28.4. The molecule has 0 amide bonds. The molecule has 0 spiro atoms. The smallest absolute Gasteiger partial charge is 0.449 e. The van der Waals surface area contributed by atoms with E-state index in [-0.39, 0.29) is 11.4 Å². The molecule has 0 N–H and O–H groups in total. The summed E-state index contributed by atoms with van der Waals surface area (Å²) in [6, 6.07) is 0. The van der Waals surface area contributed by atoms with Gasteiger partial charge in [-0.25, -0.2) is 0 Å². The van der Waals surface area contributed by atoms with Crippen LogP contribution in [0.5, 0.6) is 0 Å². The van der Waals surface area contributed by atoms with E-state index in [9.17, 15) is 79.0 Å². The largest absolute Gasteiger partial charge is 0.460 e. The summed E-state index contributed by atoms with van der Waals surface area (Å²) < 4.78 is 237. The number of allylic oxidation sites excluding steroid dienone is 2. The van der Waals surface area contributed by atoms with Gasteiger partial charge in [-0.15, -0.1) is 0 Å². The zero-order valence-electron chi connectivity index (χ0n) is 18.5. The second kappa shape index (κ2) is 9.66. The van der Waals surface area contributed by atoms with Crippen LogP contribution in [0.15, 0.2) is 23.6 Å². The van der Waals surface area contributed by atoms with Gasteiger partial charge in [0.25, 0.3) is 0 Å². The molecule has 37 heavy (non-hydrogen) atoms. The highest BCUT2D eigenvalue weighted by Gasteiger charge is 2.82. The molecule has 0 rings (SSSR count). The lowest BCUT2D eigenvalue weighted by Crippen LogP contribution is -2.60. The Kier molecular flexibility index (Phi) is 9.30. The van der Waals surface area contributed by atoms with E-state index in [2.05, 4.69) is 0 Å². The van der Waals surface area contributed by atoms with E-state index in [1.54, 1.807) is 0 Å². The van der Waals surface area contributed by atoms with Crippen LogP contribution in [0.2, 0.25) is 26.2 Å². The summed E-state index contributed by atoms with van der Waals surface area (Å²) >= 11 is 0. The first-order valence-corrected chi connectivity index (χ1v) is 15.1. The molecular formula is C16H16F18OSi2. The molecule has 21 heteroatoms. The van der Waals surface area contributed by atoms with E-state index in [0.29, 0.717) is 0 Å². The van der Waals surface area contributed by atoms with Gasteiger partial charge in [-0.1, -0.05) is 11.4 Å². The zero-order chi connectivity index (χ0) is 30.5. The Balaban J connectivity index is 6.02. The molecule has 0 fully saturated rings. The van der Waals surface area contributed by atoms with E-state index in [1.165, 1.54) is 0 Å². The SMILES string of the molecule is C[Si](C)(/C=C/C(F)(F)C(F)(F)C(F)(F)C(F)(F)F)O[Si](C)(C)/C=C/C(F)(F)C(F)(F)C(F)(F)C(F)(F)F. The Morgan fingerprint density at radius 1 is 0.405 bits per heavy atom. The van der Waals surface area contributed by atoms with Crippen molar-refractivity contribution in [2.45, 2.75) is 74.1 Å². The predicted molar refractivity (Wildman–Crippen MR) is 96.1 cm³/mol. The fraction of sp³-hybridized carbons (Fsp3) is 0.750. The van der Waals surface area contributed by atoms with Gasteiger partial charge in [0.1, 0.15) is 0 Å². The van der Waals surface area contributed by atoms with Crippen molar-refractivity contribution >= 4 is 16.6 Å². The summed E-state index contributed by atoms with van der Waals surface area (Å²) in [6.45, 7) is 3.08. The average molecular weight is 622 g/mol. The van der Waals surface area contributed by atoms with Crippen molar-refractivity contribution in [1.82, 2.24) is 0 Å². The fourth-order valence-corrected chi connectivity index (χ4v) is 9.53. The molecule has 0 bridgehead atoms. The molecule has 220 valence electrons. The lowest BCUT2D eigenvalue weighted by Gasteiger charge is -2.34. The number of rotatable bonds is 10. The van der Waals surface area contributed by atoms with Crippen LogP contribution in [-0.2, 0) is 4.12 Å². The summed E-state index contributed by atoms with van der Waals surface area (Å²) in [4.78, 5) is 0. The molecule has 0 saturated carbocycles. The summed E-state index contributed by atoms with van der Waals surface area (Å²) in [6.07, 6.45) is -16.3. The Labute approximate surface area is 198 Å².